The summed E-state index contributed by atoms with van der Waals surface area (Å²) < 4.78 is 10.3. The molecule has 0 heterocycles. The molecule has 0 aromatic heterocycles. The second-order valence-electron chi connectivity index (χ2n) is 3.24. The largest absolute Gasteiger partial charge is 0.493 e. The van der Waals surface area contributed by atoms with Crippen LogP contribution in [0.15, 0.2) is 30.5 Å². The van der Waals surface area contributed by atoms with Gasteiger partial charge in [-0.05, 0) is 17.7 Å². The van der Waals surface area contributed by atoms with Crippen molar-refractivity contribution in [3.63, 3.8) is 0 Å². The van der Waals surface area contributed by atoms with Crippen LogP contribution in [0, 0.1) is 0 Å². The first-order chi connectivity index (χ1) is 8.17. The van der Waals surface area contributed by atoms with Crippen molar-refractivity contribution >= 4 is 5.97 Å². The number of rotatable bonds is 6. The Kier molecular flexibility index (Phi) is 4.87. The Morgan fingerprint density at radius 3 is 2.65 bits per heavy atom. The van der Waals surface area contributed by atoms with Crippen LogP contribution in [-0.2, 0) is 11.3 Å². The van der Waals surface area contributed by atoms with Crippen LogP contribution in [0.1, 0.15) is 5.56 Å². The molecule has 0 aliphatic carbocycles. The number of methoxy groups -OCH3 is 2. The number of hydrogen-bond donors (Lipinski definition) is 2. The van der Waals surface area contributed by atoms with Gasteiger partial charge in [-0.3, -0.25) is 0 Å². The fraction of sp³-hybridized carbons (Fsp3) is 0.250. The van der Waals surface area contributed by atoms with Gasteiger partial charge in [-0.25, -0.2) is 4.79 Å². The molecule has 92 valence electrons. The van der Waals surface area contributed by atoms with E-state index in [-0.39, 0.29) is 0 Å². The number of aliphatic carboxylic acids is 1. The topological polar surface area (TPSA) is 67.8 Å². The summed E-state index contributed by atoms with van der Waals surface area (Å²) in [4.78, 5) is 10.2. The zero-order valence-corrected chi connectivity index (χ0v) is 9.77. The van der Waals surface area contributed by atoms with E-state index in [9.17, 15) is 4.79 Å². The summed E-state index contributed by atoms with van der Waals surface area (Å²) in [5.41, 5.74) is 0.970. The predicted octanol–water partition coefficient (Wildman–Crippen LogP) is 1.39. The first kappa shape index (κ1) is 12.9. The number of nitrogens with one attached hydrogen (secondary N) is 1. The summed E-state index contributed by atoms with van der Waals surface area (Å²) >= 11 is 0. The van der Waals surface area contributed by atoms with E-state index >= 15 is 0 Å². The van der Waals surface area contributed by atoms with Gasteiger partial charge in [-0.15, -0.1) is 0 Å². The van der Waals surface area contributed by atoms with Gasteiger partial charge in [0.05, 0.1) is 14.2 Å². The molecule has 1 aromatic rings. The molecule has 2 N–H and O–H groups in total. The molecule has 1 rings (SSSR count). The summed E-state index contributed by atoms with van der Waals surface area (Å²) in [5, 5.41) is 11.3. The Bertz CT molecular complexity index is 415. The predicted molar refractivity (Wildman–Crippen MR) is 63.2 cm³/mol. The van der Waals surface area contributed by atoms with Gasteiger partial charge in [0.15, 0.2) is 11.5 Å². The normalized spacial score (nSPS) is 10.2. The molecule has 0 bridgehead atoms. The third-order valence-corrected chi connectivity index (χ3v) is 2.10. The Hall–Kier alpha value is -2.17. The van der Waals surface area contributed by atoms with Crippen molar-refractivity contribution in [1.82, 2.24) is 5.32 Å². The maximum Gasteiger partial charge on any atom is 0.329 e. The van der Waals surface area contributed by atoms with E-state index in [1.54, 1.807) is 20.3 Å². The summed E-state index contributed by atoms with van der Waals surface area (Å²) in [5.74, 6) is 0.330. The zero-order valence-electron chi connectivity index (χ0n) is 9.77. The zero-order chi connectivity index (χ0) is 12.7. The highest BCUT2D eigenvalue weighted by Gasteiger charge is 2.03. The Labute approximate surface area is 99.7 Å². The smallest absolute Gasteiger partial charge is 0.329 e. The van der Waals surface area contributed by atoms with E-state index in [1.165, 1.54) is 6.20 Å². The van der Waals surface area contributed by atoms with Crippen LogP contribution < -0.4 is 14.8 Å². The van der Waals surface area contributed by atoms with Crippen LogP contribution in [0.25, 0.3) is 0 Å². The molecule has 0 unspecified atom stereocenters. The standard InChI is InChI=1S/C12H15NO4/c1-16-10-4-3-9(7-11(10)17-2)8-13-6-5-12(14)15/h3-7,13H,8H2,1-2H3,(H,14,15)/b6-5+. The Balaban J connectivity index is 2.63. The minimum Gasteiger partial charge on any atom is -0.493 e. The van der Waals surface area contributed by atoms with Crippen molar-refractivity contribution in [1.29, 1.82) is 0 Å². The molecule has 5 nitrogen and oxygen atoms in total. The quantitative estimate of drug-likeness (QED) is 0.732. The fourth-order valence-corrected chi connectivity index (χ4v) is 1.30. The lowest BCUT2D eigenvalue weighted by Gasteiger charge is -2.09. The van der Waals surface area contributed by atoms with Crippen molar-refractivity contribution in [3.8, 4) is 11.5 Å². The highest BCUT2D eigenvalue weighted by molar-refractivity contribution is 5.79. The van der Waals surface area contributed by atoms with Gasteiger partial charge in [-0.1, -0.05) is 6.07 Å². The minimum absolute atomic E-state index is 0.518. The summed E-state index contributed by atoms with van der Waals surface area (Å²) in [7, 11) is 3.14. The lowest BCUT2D eigenvalue weighted by molar-refractivity contribution is -0.131. The van der Waals surface area contributed by atoms with Crippen LogP contribution >= 0.6 is 0 Å². The van der Waals surface area contributed by atoms with Crippen molar-refractivity contribution in [2.24, 2.45) is 0 Å². The molecule has 0 amide bonds. The first-order valence-corrected chi connectivity index (χ1v) is 5.01. The first-order valence-electron chi connectivity index (χ1n) is 5.01. The number of carboxylic acids is 1. The molecule has 5 heteroatoms. The van der Waals surface area contributed by atoms with Crippen LogP contribution in [0.4, 0.5) is 0 Å². The maximum absolute atomic E-state index is 10.2. The lowest BCUT2D eigenvalue weighted by Crippen LogP contribution is -2.06. The molecular formula is C12H15NO4. The average Bonchev–Trinajstić information content (AvgIpc) is 2.34. The SMILES string of the molecule is COc1ccc(CN/C=C/C(=O)O)cc1OC. The van der Waals surface area contributed by atoms with Crippen LogP contribution in [0.2, 0.25) is 0 Å². The molecule has 17 heavy (non-hydrogen) atoms. The number of ether oxygens (including phenoxy) is 2. The second kappa shape index (κ2) is 6.42. The second-order valence-corrected chi connectivity index (χ2v) is 3.24. The van der Waals surface area contributed by atoms with Crippen LogP contribution in [0.5, 0.6) is 11.5 Å². The summed E-state index contributed by atoms with van der Waals surface area (Å²) in [6.45, 7) is 0.518. The molecule has 1 aromatic carbocycles. The van der Waals surface area contributed by atoms with E-state index < -0.39 is 5.97 Å². The maximum atomic E-state index is 10.2. The van der Waals surface area contributed by atoms with Crippen molar-refractivity contribution in [2.75, 3.05) is 14.2 Å². The fourth-order valence-electron chi connectivity index (χ4n) is 1.30. The number of carbonyl (C=O) groups is 1. The van der Waals surface area contributed by atoms with E-state index in [0.29, 0.717) is 18.0 Å². The van der Waals surface area contributed by atoms with Gasteiger partial charge in [0.1, 0.15) is 0 Å². The summed E-state index contributed by atoms with van der Waals surface area (Å²) in [6.07, 6.45) is 2.43. The van der Waals surface area contributed by atoms with E-state index in [1.807, 2.05) is 12.1 Å². The highest BCUT2D eigenvalue weighted by atomic mass is 16.5. The summed E-state index contributed by atoms with van der Waals surface area (Å²) in [6, 6.07) is 5.51. The molecule has 0 saturated heterocycles. The molecule has 0 fully saturated rings. The number of benzene rings is 1. The monoisotopic (exact) mass is 237 g/mol. The molecular weight excluding hydrogens is 222 g/mol. The third-order valence-electron chi connectivity index (χ3n) is 2.10. The Morgan fingerprint density at radius 1 is 1.35 bits per heavy atom. The van der Waals surface area contributed by atoms with Gasteiger partial charge in [0, 0.05) is 18.8 Å². The van der Waals surface area contributed by atoms with E-state index in [0.717, 1.165) is 11.6 Å². The van der Waals surface area contributed by atoms with Gasteiger partial charge in [0.25, 0.3) is 0 Å². The van der Waals surface area contributed by atoms with Crippen molar-refractivity contribution in [2.45, 2.75) is 6.54 Å². The van der Waals surface area contributed by atoms with Gasteiger partial charge >= 0.3 is 5.97 Å². The molecule has 0 saturated carbocycles. The average molecular weight is 237 g/mol. The van der Waals surface area contributed by atoms with Gasteiger partial charge < -0.3 is 19.9 Å². The van der Waals surface area contributed by atoms with E-state index in [2.05, 4.69) is 5.32 Å². The van der Waals surface area contributed by atoms with Gasteiger partial charge in [-0.2, -0.15) is 0 Å². The molecule has 0 atom stereocenters. The molecule has 0 aliphatic heterocycles. The van der Waals surface area contributed by atoms with Crippen LogP contribution in [0.3, 0.4) is 0 Å². The molecule has 0 radical (unpaired) electrons. The van der Waals surface area contributed by atoms with Crippen LogP contribution in [-0.4, -0.2) is 25.3 Å². The third kappa shape index (κ3) is 4.06. The van der Waals surface area contributed by atoms with Crippen molar-refractivity contribution < 1.29 is 19.4 Å². The lowest BCUT2D eigenvalue weighted by atomic mass is 10.2. The van der Waals surface area contributed by atoms with E-state index in [4.69, 9.17) is 14.6 Å². The van der Waals surface area contributed by atoms with Gasteiger partial charge in [0.2, 0.25) is 0 Å². The number of carboxylic acid groups (broad SMARTS) is 1. The number of hydrogen-bond acceptors (Lipinski definition) is 4. The molecule has 0 spiro atoms. The van der Waals surface area contributed by atoms with Crippen molar-refractivity contribution in [3.05, 3.63) is 36.0 Å². The molecule has 0 aliphatic rings. The highest BCUT2D eigenvalue weighted by Crippen LogP contribution is 2.27. The Morgan fingerprint density at radius 2 is 2.06 bits per heavy atom. The minimum atomic E-state index is -0.982.